The van der Waals surface area contributed by atoms with E-state index in [0.29, 0.717) is 0 Å². The van der Waals surface area contributed by atoms with Gasteiger partial charge in [0.1, 0.15) is 0 Å². The minimum Gasteiger partial charge on any atom is -0.326 e. The Labute approximate surface area is 78.0 Å². The zero-order valence-electron chi connectivity index (χ0n) is 7.71. The van der Waals surface area contributed by atoms with Gasteiger partial charge in [-0.2, -0.15) is 0 Å². The summed E-state index contributed by atoms with van der Waals surface area (Å²) in [7, 11) is 0. The Hall–Kier alpha value is -1.31. The van der Waals surface area contributed by atoms with E-state index >= 15 is 0 Å². The smallest absolute Gasteiger partial charge is 0.227 e. The lowest BCUT2D eigenvalue weighted by molar-refractivity contribution is -0.120. The van der Waals surface area contributed by atoms with Gasteiger partial charge >= 0.3 is 0 Å². The Bertz CT molecular complexity index is 333. The van der Waals surface area contributed by atoms with Crippen LogP contribution in [0.2, 0.25) is 0 Å². The van der Waals surface area contributed by atoms with Gasteiger partial charge in [0.05, 0.1) is 0 Å². The van der Waals surface area contributed by atoms with Crippen molar-refractivity contribution in [1.82, 2.24) is 0 Å². The molecule has 0 fully saturated rings. The summed E-state index contributed by atoms with van der Waals surface area (Å²) < 4.78 is 0. The molecule has 2 heteroatoms. The molecule has 0 aromatic heterocycles. The minimum atomic E-state index is 0.162. The number of anilines is 1. The fourth-order valence-corrected chi connectivity index (χ4v) is 1.74. The first kappa shape index (κ1) is 8.30. The third kappa shape index (κ3) is 1.44. The van der Waals surface area contributed by atoms with Gasteiger partial charge in [0.25, 0.3) is 0 Å². The standard InChI is InChI=1S/C11H13NO/c1-2-8-7-9-5-3-4-6-10(9)12-11(8)13/h3-6,8H,2,7H2,1H3,(H,12,13)/t8-/m0/s1. The fraction of sp³-hybridized carbons (Fsp3) is 0.364. The second-order valence-electron chi connectivity index (χ2n) is 3.46. The van der Waals surface area contributed by atoms with Gasteiger partial charge in [0.15, 0.2) is 0 Å². The van der Waals surface area contributed by atoms with Crippen molar-refractivity contribution in [2.75, 3.05) is 5.32 Å². The third-order valence-corrected chi connectivity index (χ3v) is 2.61. The van der Waals surface area contributed by atoms with Crippen LogP contribution in [0.25, 0.3) is 0 Å². The van der Waals surface area contributed by atoms with Crippen LogP contribution in [0.3, 0.4) is 0 Å². The second-order valence-corrected chi connectivity index (χ2v) is 3.46. The average molecular weight is 175 g/mol. The van der Waals surface area contributed by atoms with Gasteiger partial charge in [-0.25, -0.2) is 0 Å². The summed E-state index contributed by atoms with van der Waals surface area (Å²) >= 11 is 0. The molecule has 1 aromatic carbocycles. The van der Waals surface area contributed by atoms with Crippen molar-refractivity contribution in [3.05, 3.63) is 29.8 Å². The predicted octanol–water partition coefficient (Wildman–Crippen LogP) is 2.21. The maximum absolute atomic E-state index is 11.5. The normalized spacial score (nSPS) is 20.7. The number of amides is 1. The zero-order chi connectivity index (χ0) is 9.26. The Balaban J connectivity index is 2.33. The summed E-state index contributed by atoms with van der Waals surface area (Å²) in [5, 5.41) is 2.92. The summed E-state index contributed by atoms with van der Waals surface area (Å²) in [6.07, 6.45) is 1.80. The summed E-state index contributed by atoms with van der Waals surface area (Å²) in [6.45, 7) is 2.05. The fourth-order valence-electron chi connectivity index (χ4n) is 1.74. The molecule has 0 saturated carbocycles. The SMILES string of the molecule is CC[C@H]1Cc2ccccc2NC1=O. The lowest BCUT2D eigenvalue weighted by Gasteiger charge is -2.23. The molecular weight excluding hydrogens is 162 g/mol. The molecule has 13 heavy (non-hydrogen) atoms. The summed E-state index contributed by atoms with van der Waals surface area (Å²) in [5.74, 6) is 0.330. The first-order chi connectivity index (χ1) is 6.31. The first-order valence-electron chi connectivity index (χ1n) is 4.70. The van der Waals surface area contributed by atoms with E-state index < -0.39 is 0 Å². The molecule has 1 N–H and O–H groups in total. The topological polar surface area (TPSA) is 29.1 Å². The maximum atomic E-state index is 11.5. The largest absolute Gasteiger partial charge is 0.326 e. The Kier molecular flexibility index (Phi) is 2.05. The average Bonchev–Trinajstić information content (AvgIpc) is 2.17. The van der Waals surface area contributed by atoms with Crippen LogP contribution in [-0.4, -0.2) is 5.91 Å². The van der Waals surface area contributed by atoms with Crippen molar-refractivity contribution in [2.24, 2.45) is 5.92 Å². The number of rotatable bonds is 1. The summed E-state index contributed by atoms with van der Waals surface area (Å²) in [4.78, 5) is 11.5. The van der Waals surface area contributed by atoms with Crippen LogP contribution in [0.4, 0.5) is 5.69 Å². The highest BCUT2D eigenvalue weighted by Gasteiger charge is 2.23. The molecule has 0 aliphatic carbocycles. The van der Waals surface area contributed by atoms with E-state index in [2.05, 4.69) is 18.3 Å². The van der Waals surface area contributed by atoms with Crippen LogP contribution in [0, 0.1) is 5.92 Å². The van der Waals surface area contributed by atoms with Crippen LogP contribution in [0.5, 0.6) is 0 Å². The molecule has 2 nitrogen and oxygen atoms in total. The molecule has 0 unspecified atom stereocenters. The minimum absolute atomic E-state index is 0.162. The molecule has 1 aliphatic heterocycles. The number of carbonyl (C=O) groups excluding carboxylic acids is 1. The number of carbonyl (C=O) groups is 1. The zero-order valence-corrected chi connectivity index (χ0v) is 7.71. The van der Waals surface area contributed by atoms with Crippen molar-refractivity contribution in [3.8, 4) is 0 Å². The second kappa shape index (κ2) is 3.21. The van der Waals surface area contributed by atoms with Crippen molar-refractivity contribution in [1.29, 1.82) is 0 Å². The quantitative estimate of drug-likeness (QED) is 0.696. The van der Waals surface area contributed by atoms with Crippen LogP contribution in [-0.2, 0) is 11.2 Å². The number of nitrogens with one attached hydrogen (secondary N) is 1. The lowest BCUT2D eigenvalue weighted by Crippen LogP contribution is -2.29. The third-order valence-electron chi connectivity index (χ3n) is 2.61. The molecule has 0 saturated heterocycles. The maximum Gasteiger partial charge on any atom is 0.227 e. The monoisotopic (exact) mass is 175 g/mol. The highest BCUT2D eigenvalue weighted by atomic mass is 16.1. The van der Waals surface area contributed by atoms with Crippen LogP contribution < -0.4 is 5.32 Å². The number of hydrogen-bond acceptors (Lipinski definition) is 1. The predicted molar refractivity (Wildman–Crippen MR) is 52.6 cm³/mol. The van der Waals surface area contributed by atoms with Gasteiger partial charge in [-0.05, 0) is 24.5 Å². The summed E-state index contributed by atoms with van der Waals surface area (Å²) in [6, 6.07) is 8.00. The van der Waals surface area contributed by atoms with E-state index in [-0.39, 0.29) is 11.8 Å². The van der Waals surface area contributed by atoms with Gasteiger partial charge in [-0.3, -0.25) is 4.79 Å². The van der Waals surface area contributed by atoms with Crippen LogP contribution in [0.15, 0.2) is 24.3 Å². The Morgan fingerprint density at radius 2 is 2.23 bits per heavy atom. The van der Waals surface area contributed by atoms with Gasteiger partial charge in [-0.1, -0.05) is 25.1 Å². The Morgan fingerprint density at radius 3 is 3.00 bits per heavy atom. The van der Waals surface area contributed by atoms with E-state index in [9.17, 15) is 4.79 Å². The molecule has 1 aromatic rings. The molecule has 2 rings (SSSR count). The Morgan fingerprint density at radius 1 is 1.46 bits per heavy atom. The molecule has 0 bridgehead atoms. The number of para-hydroxylation sites is 1. The van der Waals surface area contributed by atoms with Gasteiger partial charge < -0.3 is 5.32 Å². The van der Waals surface area contributed by atoms with Crippen LogP contribution >= 0.6 is 0 Å². The van der Waals surface area contributed by atoms with Gasteiger partial charge in [-0.15, -0.1) is 0 Å². The van der Waals surface area contributed by atoms with E-state index in [1.54, 1.807) is 0 Å². The molecule has 68 valence electrons. The first-order valence-corrected chi connectivity index (χ1v) is 4.70. The van der Waals surface area contributed by atoms with Crippen molar-refractivity contribution >= 4 is 11.6 Å². The van der Waals surface area contributed by atoms with Gasteiger partial charge in [0, 0.05) is 11.6 Å². The highest BCUT2D eigenvalue weighted by molar-refractivity contribution is 5.95. The molecule has 1 heterocycles. The molecule has 1 aliphatic rings. The van der Waals surface area contributed by atoms with Crippen molar-refractivity contribution in [2.45, 2.75) is 19.8 Å². The molecule has 1 atom stereocenters. The molecule has 0 spiro atoms. The molecule has 1 amide bonds. The number of benzene rings is 1. The van der Waals surface area contributed by atoms with Crippen molar-refractivity contribution < 1.29 is 4.79 Å². The van der Waals surface area contributed by atoms with E-state index in [0.717, 1.165) is 18.5 Å². The summed E-state index contributed by atoms with van der Waals surface area (Å²) in [5.41, 5.74) is 2.24. The van der Waals surface area contributed by atoms with Crippen LogP contribution in [0.1, 0.15) is 18.9 Å². The van der Waals surface area contributed by atoms with Crippen molar-refractivity contribution in [3.63, 3.8) is 0 Å². The number of hydrogen-bond donors (Lipinski definition) is 1. The van der Waals surface area contributed by atoms with E-state index in [1.165, 1.54) is 5.56 Å². The number of fused-ring (bicyclic) bond motifs is 1. The highest BCUT2D eigenvalue weighted by Crippen LogP contribution is 2.26. The molecule has 0 radical (unpaired) electrons. The molecular formula is C11H13NO. The van der Waals surface area contributed by atoms with Gasteiger partial charge in [0.2, 0.25) is 5.91 Å². The van der Waals surface area contributed by atoms with E-state index in [4.69, 9.17) is 0 Å². The lowest BCUT2D eigenvalue weighted by atomic mass is 9.91. The van der Waals surface area contributed by atoms with E-state index in [1.807, 2.05) is 18.2 Å².